The summed E-state index contributed by atoms with van der Waals surface area (Å²) < 4.78 is 0.864. The van der Waals surface area contributed by atoms with Gasteiger partial charge in [-0.3, -0.25) is 9.69 Å². The number of aromatic nitrogens is 2. The van der Waals surface area contributed by atoms with Crippen molar-refractivity contribution >= 4 is 34.1 Å². The molecule has 0 spiro atoms. The normalized spacial score (nSPS) is 19.1. The number of rotatable bonds is 7. The Morgan fingerprint density at radius 1 is 1.22 bits per heavy atom. The van der Waals surface area contributed by atoms with Gasteiger partial charge in [0.05, 0.1) is 5.75 Å². The monoisotopic (exact) mass is 403 g/mol. The molecule has 1 saturated heterocycles. The van der Waals surface area contributed by atoms with Crippen LogP contribution in [0.2, 0.25) is 0 Å². The highest BCUT2D eigenvalue weighted by Crippen LogP contribution is 2.30. The van der Waals surface area contributed by atoms with Crippen LogP contribution >= 0.6 is 23.1 Å². The number of nitrogens with one attached hydrogen (secondary N) is 1. The summed E-state index contributed by atoms with van der Waals surface area (Å²) in [5, 5.41) is 12.5. The molecule has 2 aliphatic rings. The third-order valence-electron chi connectivity index (χ3n) is 5.13. The predicted octanol–water partition coefficient (Wildman–Crippen LogP) is 3.11. The van der Waals surface area contributed by atoms with Crippen molar-refractivity contribution in [2.75, 3.05) is 37.2 Å². The smallest absolute Gasteiger partial charge is 0.233 e. The Kier molecular flexibility index (Phi) is 5.95. The third-order valence-corrected chi connectivity index (χ3v) is 7.10. The lowest BCUT2D eigenvalue weighted by atomic mass is 10.1. The Bertz CT molecular complexity index is 756. The van der Waals surface area contributed by atoms with Crippen LogP contribution in [0.3, 0.4) is 0 Å². The summed E-state index contributed by atoms with van der Waals surface area (Å²) >= 11 is 3.04. The van der Waals surface area contributed by atoms with E-state index in [1.54, 1.807) is 11.3 Å². The first-order chi connectivity index (χ1) is 13.2. The van der Waals surface area contributed by atoms with Crippen LogP contribution in [0, 0.1) is 0 Å². The second-order valence-electron chi connectivity index (χ2n) is 7.08. The fraction of sp³-hybridized carbons (Fsp3) is 0.526. The molecule has 8 heteroatoms. The molecule has 1 aliphatic heterocycles. The number of thioether (sulfide) groups is 1. The summed E-state index contributed by atoms with van der Waals surface area (Å²) in [5.74, 6) is 0.630. The Hall–Kier alpha value is -1.64. The van der Waals surface area contributed by atoms with Crippen LogP contribution in [0.25, 0.3) is 0 Å². The highest BCUT2D eigenvalue weighted by molar-refractivity contribution is 8.01. The third kappa shape index (κ3) is 5.00. The van der Waals surface area contributed by atoms with Gasteiger partial charge in [-0.25, -0.2) is 0 Å². The minimum Gasteiger partial charge on any atom is -0.357 e. The first-order valence-corrected chi connectivity index (χ1v) is 11.3. The molecular formula is C19H25N5OS2. The maximum Gasteiger partial charge on any atom is 0.233 e. The summed E-state index contributed by atoms with van der Waals surface area (Å²) in [6.07, 6.45) is 2.44. The summed E-state index contributed by atoms with van der Waals surface area (Å²) in [5.41, 5.74) is 1.33. The second kappa shape index (κ2) is 8.58. The van der Waals surface area contributed by atoms with Crippen LogP contribution in [0.5, 0.6) is 0 Å². The lowest BCUT2D eigenvalue weighted by Gasteiger charge is -2.38. The van der Waals surface area contributed by atoms with Gasteiger partial charge in [-0.05, 0) is 25.3 Å². The molecule has 1 aliphatic carbocycles. The molecule has 1 N–H and O–H groups in total. The Morgan fingerprint density at radius 3 is 2.67 bits per heavy atom. The maximum atomic E-state index is 12.5. The summed E-state index contributed by atoms with van der Waals surface area (Å²) in [6, 6.07) is 11.5. The molecule has 144 valence electrons. The largest absolute Gasteiger partial charge is 0.357 e. The maximum absolute atomic E-state index is 12.5. The molecule has 2 heterocycles. The van der Waals surface area contributed by atoms with Gasteiger partial charge in [0.2, 0.25) is 11.0 Å². The van der Waals surface area contributed by atoms with E-state index in [1.165, 1.54) is 30.2 Å². The van der Waals surface area contributed by atoms with Crippen molar-refractivity contribution in [3.05, 3.63) is 35.9 Å². The number of carbonyl (C=O) groups is 1. The standard InChI is InChI=1S/C19H25N5OS2/c1-14(15-5-3-2-4-6-15)23-9-11-24(12-10-23)17(25)13-26-19-22-21-18(27-19)20-16-7-8-16/h2-6,14,16H,7-13H2,1H3,(H,20,21)/t14-/m1/s1. The number of amides is 1. The first-order valence-electron chi connectivity index (χ1n) is 9.48. The fourth-order valence-electron chi connectivity index (χ4n) is 3.24. The quantitative estimate of drug-likeness (QED) is 0.717. The van der Waals surface area contributed by atoms with E-state index in [0.717, 1.165) is 35.7 Å². The Balaban J connectivity index is 1.22. The van der Waals surface area contributed by atoms with Gasteiger partial charge in [0.1, 0.15) is 0 Å². The predicted molar refractivity (Wildman–Crippen MR) is 110 cm³/mol. The molecule has 0 unspecified atom stereocenters. The SMILES string of the molecule is C[C@H](c1ccccc1)N1CCN(C(=O)CSc2nnc(NC3CC3)s2)CC1. The minimum absolute atomic E-state index is 0.193. The van der Waals surface area contributed by atoms with E-state index < -0.39 is 0 Å². The first kappa shape index (κ1) is 18.7. The van der Waals surface area contributed by atoms with Gasteiger partial charge in [0, 0.05) is 38.3 Å². The molecule has 2 aromatic rings. The highest BCUT2D eigenvalue weighted by Gasteiger charge is 2.25. The molecule has 0 bridgehead atoms. The zero-order valence-corrected chi connectivity index (χ0v) is 17.1. The number of hydrogen-bond acceptors (Lipinski definition) is 7. The Labute approximate surface area is 168 Å². The highest BCUT2D eigenvalue weighted by atomic mass is 32.2. The minimum atomic E-state index is 0.193. The number of hydrogen-bond donors (Lipinski definition) is 1. The van der Waals surface area contributed by atoms with Crippen LogP contribution < -0.4 is 5.32 Å². The van der Waals surface area contributed by atoms with Crippen molar-refractivity contribution in [3.63, 3.8) is 0 Å². The number of piperazine rings is 1. The molecule has 1 amide bonds. The Morgan fingerprint density at radius 2 is 1.96 bits per heavy atom. The van der Waals surface area contributed by atoms with Gasteiger partial charge in [-0.15, -0.1) is 10.2 Å². The number of carbonyl (C=O) groups excluding carboxylic acids is 1. The van der Waals surface area contributed by atoms with E-state index >= 15 is 0 Å². The average Bonchev–Trinajstić information content (AvgIpc) is 3.42. The van der Waals surface area contributed by atoms with Gasteiger partial charge in [-0.2, -0.15) is 0 Å². The van der Waals surface area contributed by atoms with Gasteiger partial charge in [0.15, 0.2) is 4.34 Å². The number of nitrogens with zero attached hydrogens (tertiary/aromatic N) is 4. The lowest BCUT2D eigenvalue weighted by Crippen LogP contribution is -2.49. The van der Waals surface area contributed by atoms with Crippen molar-refractivity contribution in [1.29, 1.82) is 0 Å². The van der Waals surface area contributed by atoms with E-state index in [4.69, 9.17) is 0 Å². The van der Waals surface area contributed by atoms with Gasteiger partial charge < -0.3 is 10.2 Å². The van der Waals surface area contributed by atoms with E-state index in [0.29, 0.717) is 17.8 Å². The molecule has 1 atom stereocenters. The topological polar surface area (TPSA) is 61.4 Å². The lowest BCUT2D eigenvalue weighted by molar-refractivity contribution is -0.130. The molecular weight excluding hydrogens is 378 g/mol. The zero-order valence-electron chi connectivity index (χ0n) is 15.5. The molecule has 1 saturated carbocycles. The van der Waals surface area contributed by atoms with Crippen LogP contribution in [-0.4, -0.2) is 63.9 Å². The fourth-order valence-corrected chi connectivity index (χ4v) is 4.98. The molecule has 4 rings (SSSR count). The zero-order chi connectivity index (χ0) is 18.6. The molecule has 1 aromatic carbocycles. The van der Waals surface area contributed by atoms with Crippen LogP contribution in [0.4, 0.5) is 5.13 Å². The molecule has 1 aromatic heterocycles. The summed E-state index contributed by atoms with van der Waals surface area (Å²) in [6.45, 7) is 5.66. The van der Waals surface area contributed by atoms with Crippen LogP contribution in [-0.2, 0) is 4.79 Å². The molecule has 27 heavy (non-hydrogen) atoms. The van der Waals surface area contributed by atoms with Crippen molar-refractivity contribution in [1.82, 2.24) is 20.0 Å². The van der Waals surface area contributed by atoms with Crippen LogP contribution in [0.15, 0.2) is 34.7 Å². The summed E-state index contributed by atoms with van der Waals surface area (Å²) in [7, 11) is 0. The van der Waals surface area contributed by atoms with Gasteiger partial charge >= 0.3 is 0 Å². The summed E-state index contributed by atoms with van der Waals surface area (Å²) in [4.78, 5) is 17.0. The number of benzene rings is 1. The number of anilines is 1. The van der Waals surface area contributed by atoms with Crippen LogP contribution in [0.1, 0.15) is 31.4 Å². The van der Waals surface area contributed by atoms with Crippen molar-refractivity contribution < 1.29 is 4.79 Å². The van der Waals surface area contributed by atoms with Gasteiger partial charge in [-0.1, -0.05) is 53.4 Å². The van der Waals surface area contributed by atoms with Crippen molar-refractivity contribution in [2.45, 2.75) is 36.2 Å². The average molecular weight is 404 g/mol. The van der Waals surface area contributed by atoms with E-state index in [9.17, 15) is 4.79 Å². The van der Waals surface area contributed by atoms with E-state index in [-0.39, 0.29) is 5.91 Å². The van der Waals surface area contributed by atoms with Crippen molar-refractivity contribution in [3.8, 4) is 0 Å². The van der Waals surface area contributed by atoms with Gasteiger partial charge in [0.25, 0.3) is 0 Å². The molecule has 2 fully saturated rings. The molecule has 0 radical (unpaired) electrons. The molecule has 6 nitrogen and oxygen atoms in total. The van der Waals surface area contributed by atoms with Crippen molar-refractivity contribution in [2.24, 2.45) is 0 Å². The second-order valence-corrected chi connectivity index (χ2v) is 9.28. The van der Waals surface area contributed by atoms with E-state index in [2.05, 4.69) is 51.6 Å². The van der Waals surface area contributed by atoms with E-state index in [1.807, 2.05) is 11.0 Å².